The van der Waals surface area contributed by atoms with Crippen LogP contribution < -0.4 is 0 Å². The van der Waals surface area contributed by atoms with Crippen molar-refractivity contribution in [2.75, 3.05) is 7.05 Å². The summed E-state index contributed by atoms with van der Waals surface area (Å²) in [5.74, 6) is 0.0794. The molecular weight excluding hydrogens is 278 g/mol. The van der Waals surface area contributed by atoms with Crippen molar-refractivity contribution in [1.29, 1.82) is 0 Å². The monoisotopic (exact) mass is 295 g/mol. The van der Waals surface area contributed by atoms with E-state index < -0.39 is 0 Å². The summed E-state index contributed by atoms with van der Waals surface area (Å²) in [5, 5.41) is 3.01. The van der Waals surface area contributed by atoms with E-state index in [4.69, 9.17) is 0 Å². The molecule has 0 aliphatic heterocycles. The van der Waals surface area contributed by atoms with Crippen LogP contribution in [0.25, 0.3) is 10.1 Å². The molecular formula is C18H17NOS. The van der Waals surface area contributed by atoms with Gasteiger partial charge in [-0.25, -0.2) is 0 Å². The largest absolute Gasteiger partial charge is 0.337 e. The minimum Gasteiger partial charge on any atom is -0.337 e. The van der Waals surface area contributed by atoms with Crippen molar-refractivity contribution in [3.63, 3.8) is 0 Å². The van der Waals surface area contributed by atoms with Gasteiger partial charge >= 0.3 is 0 Å². The van der Waals surface area contributed by atoms with Crippen LogP contribution in [0.4, 0.5) is 0 Å². The average Bonchev–Trinajstić information content (AvgIpc) is 2.92. The van der Waals surface area contributed by atoms with E-state index in [1.165, 1.54) is 11.1 Å². The summed E-state index contributed by atoms with van der Waals surface area (Å²) >= 11 is 1.62. The molecule has 0 N–H and O–H groups in total. The maximum atomic E-state index is 12.7. The Balaban J connectivity index is 1.86. The van der Waals surface area contributed by atoms with Crippen LogP contribution in [0, 0.1) is 6.92 Å². The van der Waals surface area contributed by atoms with E-state index >= 15 is 0 Å². The van der Waals surface area contributed by atoms with Gasteiger partial charge in [0.15, 0.2) is 0 Å². The number of fused-ring (bicyclic) bond motifs is 1. The second-order valence-electron chi connectivity index (χ2n) is 5.23. The number of benzene rings is 2. The SMILES string of the molecule is Cc1ccccc1CN(C)C(=O)c1csc2ccccc12. The Bertz CT molecular complexity index is 791. The molecule has 0 spiro atoms. The molecule has 1 amide bonds. The highest BCUT2D eigenvalue weighted by Gasteiger charge is 2.16. The summed E-state index contributed by atoms with van der Waals surface area (Å²) in [5.41, 5.74) is 3.20. The summed E-state index contributed by atoms with van der Waals surface area (Å²) in [6, 6.07) is 16.2. The topological polar surface area (TPSA) is 20.3 Å². The Morgan fingerprint density at radius 1 is 1.10 bits per heavy atom. The van der Waals surface area contributed by atoms with Crippen LogP contribution in [0.2, 0.25) is 0 Å². The Morgan fingerprint density at radius 2 is 1.81 bits per heavy atom. The zero-order valence-corrected chi connectivity index (χ0v) is 13.0. The standard InChI is InChI=1S/C18H17NOS/c1-13-7-3-4-8-14(13)11-19(2)18(20)16-12-21-17-10-6-5-9-15(16)17/h3-10,12H,11H2,1-2H3. The molecule has 0 bridgehead atoms. The molecule has 1 heterocycles. The number of hydrogen-bond acceptors (Lipinski definition) is 2. The lowest BCUT2D eigenvalue weighted by molar-refractivity contribution is 0.0787. The highest BCUT2D eigenvalue weighted by Crippen LogP contribution is 2.26. The summed E-state index contributed by atoms with van der Waals surface area (Å²) in [4.78, 5) is 14.5. The molecule has 1 aromatic heterocycles. The van der Waals surface area contributed by atoms with Crippen LogP contribution >= 0.6 is 11.3 Å². The number of carbonyl (C=O) groups excluding carboxylic acids is 1. The lowest BCUT2D eigenvalue weighted by Crippen LogP contribution is -2.26. The Kier molecular flexibility index (Phi) is 3.76. The van der Waals surface area contributed by atoms with Gasteiger partial charge in [-0.3, -0.25) is 4.79 Å². The zero-order chi connectivity index (χ0) is 14.8. The van der Waals surface area contributed by atoms with Gasteiger partial charge in [0.25, 0.3) is 5.91 Å². The third-order valence-electron chi connectivity index (χ3n) is 3.73. The van der Waals surface area contributed by atoms with Gasteiger partial charge in [0.05, 0.1) is 5.56 Å². The molecule has 2 nitrogen and oxygen atoms in total. The van der Waals surface area contributed by atoms with Crippen LogP contribution in [-0.4, -0.2) is 17.9 Å². The smallest absolute Gasteiger partial charge is 0.255 e. The molecule has 0 unspecified atom stereocenters. The predicted molar refractivity (Wildman–Crippen MR) is 88.8 cm³/mol. The van der Waals surface area contributed by atoms with Crippen molar-refractivity contribution in [2.24, 2.45) is 0 Å². The van der Waals surface area contributed by atoms with Crippen LogP contribution in [0.5, 0.6) is 0 Å². The van der Waals surface area contributed by atoms with E-state index in [1.54, 1.807) is 16.2 Å². The van der Waals surface area contributed by atoms with Crippen molar-refractivity contribution >= 4 is 27.3 Å². The van der Waals surface area contributed by atoms with E-state index in [1.807, 2.05) is 42.8 Å². The van der Waals surface area contributed by atoms with Gasteiger partial charge < -0.3 is 4.90 Å². The van der Waals surface area contributed by atoms with Gasteiger partial charge in [-0.05, 0) is 24.1 Å². The van der Waals surface area contributed by atoms with Gasteiger partial charge in [-0.1, -0.05) is 42.5 Å². The molecule has 106 valence electrons. The summed E-state index contributed by atoms with van der Waals surface area (Å²) in [6.07, 6.45) is 0. The molecule has 21 heavy (non-hydrogen) atoms. The van der Waals surface area contributed by atoms with Crippen LogP contribution in [0.3, 0.4) is 0 Å². The number of hydrogen-bond donors (Lipinski definition) is 0. The third-order valence-corrected chi connectivity index (χ3v) is 4.69. The summed E-state index contributed by atoms with van der Waals surface area (Å²) < 4.78 is 1.16. The van der Waals surface area contributed by atoms with E-state index in [0.29, 0.717) is 6.54 Å². The third kappa shape index (κ3) is 2.69. The number of nitrogens with zero attached hydrogens (tertiary/aromatic N) is 1. The highest BCUT2D eigenvalue weighted by molar-refractivity contribution is 7.17. The first-order chi connectivity index (χ1) is 10.2. The van der Waals surface area contributed by atoms with Gasteiger partial charge in [0.2, 0.25) is 0 Å². The molecule has 0 aliphatic rings. The molecule has 3 rings (SSSR count). The van der Waals surface area contributed by atoms with Crippen LogP contribution in [0.15, 0.2) is 53.9 Å². The maximum Gasteiger partial charge on any atom is 0.255 e. The van der Waals surface area contributed by atoms with Gasteiger partial charge in [-0.2, -0.15) is 0 Å². The minimum atomic E-state index is 0.0794. The van der Waals surface area contributed by atoms with Gasteiger partial charge in [0, 0.05) is 29.1 Å². The molecule has 0 atom stereocenters. The summed E-state index contributed by atoms with van der Waals surface area (Å²) in [7, 11) is 1.86. The first kappa shape index (κ1) is 13.8. The predicted octanol–water partition coefficient (Wildman–Crippen LogP) is 4.48. The maximum absolute atomic E-state index is 12.7. The second-order valence-corrected chi connectivity index (χ2v) is 6.14. The van der Waals surface area contributed by atoms with Crippen molar-refractivity contribution in [1.82, 2.24) is 4.90 Å². The summed E-state index contributed by atoms with van der Waals surface area (Å²) in [6.45, 7) is 2.71. The number of rotatable bonds is 3. The molecule has 0 aliphatic carbocycles. The molecule has 0 fully saturated rings. The van der Waals surface area contributed by atoms with Crippen molar-refractivity contribution in [3.05, 3.63) is 70.6 Å². The average molecular weight is 295 g/mol. The number of thiophene rings is 1. The fourth-order valence-corrected chi connectivity index (χ4v) is 3.40. The van der Waals surface area contributed by atoms with Crippen molar-refractivity contribution in [2.45, 2.75) is 13.5 Å². The molecule has 0 saturated heterocycles. The zero-order valence-electron chi connectivity index (χ0n) is 12.2. The van der Waals surface area contributed by atoms with Crippen LogP contribution in [-0.2, 0) is 6.54 Å². The van der Waals surface area contributed by atoms with Crippen molar-refractivity contribution in [3.8, 4) is 0 Å². The van der Waals surface area contributed by atoms with Gasteiger partial charge in [0.1, 0.15) is 0 Å². The number of aryl methyl sites for hydroxylation is 1. The number of carbonyl (C=O) groups is 1. The molecule has 0 saturated carbocycles. The Hall–Kier alpha value is -2.13. The Morgan fingerprint density at radius 3 is 2.62 bits per heavy atom. The van der Waals surface area contributed by atoms with Gasteiger partial charge in [-0.15, -0.1) is 11.3 Å². The Labute approximate surface area is 128 Å². The number of amides is 1. The highest BCUT2D eigenvalue weighted by atomic mass is 32.1. The van der Waals surface area contributed by atoms with E-state index in [0.717, 1.165) is 15.6 Å². The fourth-order valence-electron chi connectivity index (χ4n) is 2.46. The first-order valence-electron chi connectivity index (χ1n) is 6.93. The lowest BCUT2D eigenvalue weighted by atomic mass is 10.1. The van der Waals surface area contributed by atoms with E-state index in [9.17, 15) is 4.79 Å². The first-order valence-corrected chi connectivity index (χ1v) is 7.81. The molecule has 3 aromatic rings. The molecule has 2 aromatic carbocycles. The lowest BCUT2D eigenvalue weighted by Gasteiger charge is -2.18. The van der Waals surface area contributed by atoms with Crippen molar-refractivity contribution < 1.29 is 4.79 Å². The molecule has 3 heteroatoms. The van der Waals surface area contributed by atoms with E-state index in [-0.39, 0.29) is 5.91 Å². The second kappa shape index (κ2) is 5.70. The quantitative estimate of drug-likeness (QED) is 0.697. The van der Waals surface area contributed by atoms with E-state index in [2.05, 4.69) is 25.1 Å². The molecule has 0 radical (unpaired) electrons. The van der Waals surface area contributed by atoms with Crippen LogP contribution in [0.1, 0.15) is 21.5 Å². The minimum absolute atomic E-state index is 0.0794. The fraction of sp³-hybridized carbons (Fsp3) is 0.167. The normalized spacial score (nSPS) is 10.8.